The number of rotatable bonds is 4. The molecule has 1 aliphatic heterocycles. The number of carbonyl (C=O) groups excluding carboxylic acids is 1. The molecule has 3 rings (SSSR count). The van der Waals surface area contributed by atoms with Gasteiger partial charge >= 0.3 is 5.97 Å². The highest BCUT2D eigenvalue weighted by Crippen LogP contribution is 2.28. The minimum absolute atomic E-state index is 0.232. The Hall–Kier alpha value is -1.40. The summed E-state index contributed by atoms with van der Waals surface area (Å²) in [5.41, 5.74) is 1.01. The van der Waals surface area contributed by atoms with Crippen LogP contribution in [-0.4, -0.2) is 53.6 Å². The van der Waals surface area contributed by atoms with Gasteiger partial charge in [-0.25, -0.2) is 0 Å². The zero-order chi connectivity index (χ0) is 14.7. The van der Waals surface area contributed by atoms with Crippen molar-refractivity contribution >= 4 is 5.97 Å². The van der Waals surface area contributed by atoms with Crippen molar-refractivity contribution in [3.05, 3.63) is 18.0 Å². The number of methoxy groups -OCH3 is 1. The zero-order valence-corrected chi connectivity index (χ0v) is 12.5. The third kappa shape index (κ3) is 3.27. The predicted octanol–water partition coefficient (Wildman–Crippen LogP) is 1.37. The highest BCUT2D eigenvalue weighted by atomic mass is 16.5. The Morgan fingerprint density at radius 2 is 2.29 bits per heavy atom. The SMILES string of the molecule is COC(=O)C1COCCN1Cc1ccn(C2CCCC2)n1. The molecular weight excluding hydrogens is 270 g/mol. The van der Waals surface area contributed by atoms with Gasteiger partial charge in [0.25, 0.3) is 0 Å². The zero-order valence-electron chi connectivity index (χ0n) is 12.5. The molecule has 1 atom stereocenters. The van der Waals surface area contributed by atoms with Crippen LogP contribution in [0.2, 0.25) is 0 Å². The summed E-state index contributed by atoms with van der Waals surface area (Å²) in [5, 5.41) is 4.69. The van der Waals surface area contributed by atoms with Crippen LogP contribution in [0.1, 0.15) is 37.4 Å². The number of nitrogens with zero attached hydrogens (tertiary/aromatic N) is 3. The number of carbonyl (C=O) groups is 1. The van der Waals surface area contributed by atoms with Crippen molar-refractivity contribution in [1.29, 1.82) is 0 Å². The van der Waals surface area contributed by atoms with E-state index in [4.69, 9.17) is 9.47 Å². The lowest BCUT2D eigenvalue weighted by molar-refractivity contribution is -0.153. The molecular formula is C15H23N3O3. The van der Waals surface area contributed by atoms with Crippen LogP contribution >= 0.6 is 0 Å². The quantitative estimate of drug-likeness (QED) is 0.785. The summed E-state index contributed by atoms with van der Waals surface area (Å²) in [6.45, 7) is 2.45. The molecule has 21 heavy (non-hydrogen) atoms. The second-order valence-corrected chi connectivity index (χ2v) is 5.81. The van der Waals surface area contributed by atoms with Crippen LogP contribution in [0.15, 0.2) is 12.3 Å². The molecule has 0 spiro atoms. The third-order valence-electron chi connectivity index (χ3n) is 4.44. The minimum atomic E-state index is -0.319. The van der Waals surface area contributed by atoms with Gasteiger partial charge in [0.15, 0.2) is 0 Å². The van der Waals surface area contributed by atoms with E-state index in [1.54, 1.807) is 0 Å². The molecule has 1 aromatic heterocycles. The van der Waals surface area contributed by atoms with Crippen LogP contribution in [0.25, 0.3) is 0 Å². The topological polar surface area (TPSA) is 56.6 Å². The van der Waals surface area contributed by atoms with E-state index in [1.165, 1.54) is 32.8 Å². The van der Waals surface area contributed by atoms with E-state index in [0.29, 0.717) is 25.8 Å². The van der Waals surface area contributed by atoms with Gasteiger partial charge in [0.2, 0.25) is 0 Å². The molecule has 6 nitrogen and oxygen atoms in total. The average Bonchev–Trinajstić information content (AvgIpc) is 3.18. The van der Waals surface area contributed by atoms with Gasteiger partial charge < -0.3 is 9.47 Å². The normalized spacial score (nSPS) is 24.3. The summed E-state index contributed by atoms with van der Waals surface area (Å²) >= 11 is 0. The van der Waals surface area contributed by atoms with Crippen LogP contribution in [0, 0.1) is 0 Å². The van der Waals surface area contributed by atoms with Gasteiger partial charge in [-0.05, 0) is 18.9 Å². The second kappa shape index (κ2) is 6.58. The smallest absolute Gasteiger partial charge is 0.325 e. The molecule has 116 valence electrons. The molecule has 0 radical (unpaired) electrons. The molecule has 0 N–H and O–H groups in total. The van der Waals surface area contributed by atoms with Crippen LogP contribution in [-0.2, 0) is 20.8 Å². The van der Waals surface area contributed by atoms with Crippen molar-refractivity contribution in [3.8, 4) is 0 Å². The molecule has 6 heteroatoms. The first kappa shape index (κ1) is 14.5. The van der Waals surface area contributed by atoms with Gasteiger partial charge in [-0.3, -0.25) is 14.4 Å². The lowest BCUT2D eigenvalue weighted by atomic mass is 10.2. The van der Waals surface area contributed by atoms with Crippen LogP contribution < -0.4 is 0 Å². The molecule has 2 aliphatic rings. The molecule has 2 heterocycles. The Bertz CT molecular complexity index is 482. The largest absolute Gasteiger partial charge is 0.468 e. The number of aromatic nitrogens is 2. The highest BCUT2D eigenvalue weighted by Gasteiger charge is 2.30. The van der Waals surface area contributed by atoms with Crippen molar-refractivity contribution in [2.24, 2.45) is 0 Å². The Morgan fingerprint density at radius 3 is 3.05 bits per heavy atom. The summed E-state index contributed by atoms with van der Waals surface area (Å²) < 4.78 is 12.3. The van der Waals surface area contributed by atoms with Gasteiger partial charge in [-0.2, -0.15) is 5.10 Å². The maximum Gasteiger partial charge on any atom is 0.325 e. The van der Waals surface area contributed by atoms with Crippen molar-refractivity contribution < 1.29 is 14.3 Å². The lowest BCUT2D eigenvalue weighted by Gasteiger charge is -2.32. The summed E-state index contributed by atoms with van der Waals surface area (Å²) in [6.07, 6.45) is 7.12. The average molecular weight is 293 g/mol. The Balaban J connectivity index is 1.65. The third-order valence-corrected chi connectivity index (χ3v) is 4.44. The first-order valence-corrected chi connectivity index (χ1v) is 7.71. The van der Waals surface area contributed by atoms with E-state index in [1.807, 2.05) is 0 Å². The first-order valence-electron chi connectivity index (χ1n) is 7.71. The molecule has 1 saturated carbocycles. The molecule has 2 fully saturated rings. The summed E-state index contributed by atoms with van der Waals surface area (Å²) in [4.78, 5) is 13.9. The molecule has 1 aromatic rings. The molecule has 0 bridgehead atoms. The maximum absolute atomic E-state index is 11.8. The van der Waals surface area contributed by atoms with E-state index >= 15 is 0 Å². The molecule has 0 aromatic carbocycles. The Kier molecular flexibility index (Phi) is 4.55. The molecule has 1 unspecified atom stereocenters. The Labute approximate surface area is 125 Å². The number of esters is 1. The van der Waals surface area contributed by atoms with E-state index < -0.39 is 0 Å². The van der Waals surface area contributed by atoms with Crippen molar-refractivity contribution in [3.63, 3.8) is 0 Å². The minimum Gasteiger partial charge on any atom is -0.468 e. The predicted molar refractivity (Wildman–Crippen MR) is 76.8 cm³/mol. The fraction of sp³-hybridized carbons (Fsp3) is 0.733. The molecule has 1 saturated heterocycles. The van der Waals surface area contributed by atoms with Crippen LogP contribution in [0.4, 0.5) is 0 Å². The number of hydrogen-bond donors (Lipinski definition) is 0. The molecule has 0 amide bonds. The van der Waals surface area contributed by atoms with E-state index in [9.17, 15) is 4.79 Å². The van der Waals surface area contributed by atoms with Gasteiger partial charge in [0.05, 0.1) is 32.1 Å². The summed E-state index contributed by atoms with van der Waals surface area (Å²) in [7, 11) is 1.42. The van der Waals surface area contributed by atoms with Gasteiger partial charge in [-0.15, -0.1) is 0 Å². The summed E-state index contributed by atoms with van der Waals surface area (Å²) in [6, 6.07) is 2.29. The monoisotopic (exact) mass is 293 g/mol. The van der Waals surface area contributed by atoms with E-state index in [0.717, 1.165) is 12.2 Å². The molecule has 1 aliphatic carbocycles. The maximum atomic E-state index is 11.8. The van der Waals surface area contributed by atoms with Crippen LogP contribution in [0.5, 0.6) is 0 Å². The number of morpholine rings is 1. The van der Waals surface area contributed by atoms with E-state index in [-0.39, 0.29) is 12.0 Å². The van der Waals surface area contributed by atoms with Gasteiger partial charge in [0.1, 0.15) is 6.04 Å². The highest BCUT2D eigenvalue weighted by molar-refractivity contribution is 5.75. The summed E-state index contributed by atoms with van der Waals surface area (Å²) in [5.74, 6) is -0.232. The first-order chi connectivity index (χ1) is 10.3. The standard InChI is InChI=1S/C15H23N3O3/c1-20-15(19)14-11-21-9-8-17(14)10-12-6-7-18(16-12)13-4-2-3-5-13/h6-7,13-14H,2-5,8-11H2,1H3. The fourth-order valence-corrected chi connectivity index (χ4v) is 3.22. The number of ether oxygens (including phenoxy) is 2. The van der Waals surface area contributed by atoms with Gasteiger partial charge in [-0.1, -0.05) is 12.8 Å². The number of hydrogen-bond acceptors (Lipinski definition) is 5. The van der Waals surface area contributed by atoms with Crippen molar-refractivity contribution in [2.45, 2.75) is 44.3 Å². The van der Waals surface area contributed by atoms with Crippen molar-refractivity contribution in [1.82, 2.24) is 14.7 Å². The van der Waals surface area contributed by atoms with E-state index in [2.05, 4.69) is 26.9 Å². The second-order valence-electron chi connectivity index (χ2n) is 5.81. The fourth-order valence-electron chi connectivity index (χ4n) is 3.22. The lowest BCUT2D eigenvalue weighted by Crippen LogP contribution is -2.49. The van der Waals surface area contributed by atoms with Gasteiger partial charge in [0, 0.05) is 19.3 Å². The Morgan fingerprint density at radius 1 is 1.48 bits per heavy atom. The van der Waals surface area contributed by atoms with Crippen LogP contribution in [0.3, 0.4) is 0 Å². The van der Waals surface area contributed by atoms with Crippen molar-refractivity contribution in [2.75, 3.05) is 26.9 Å².